The molecule has 0 saturated heterocycles. The second kappa shape index (κ2) is 3.71. The van der Waals surface area contributed by atoms with Crippen molar-refractivity contribution >= 4 is 17.2 Å². The number of nitrogens with zero attached hydrogens (tertiary/aromatic N) is 3. The van der Waals surface area contributed by atoms with Gasteiger partial charge in [-0.25, -0.2) is 4.98 Å². The van der Waals surface area contributed by atoms with Crippen molar-refractivity contribution in [3.05, 3.63) is 34.1 Å². The van der Waals surface area contributed by atoms with Crippen molar-refractivity contribution < 1.29 is 9.32 Å². The number of carbonyl (C=O) groups is 1. The lowest BCUT2D eigenvalue weighted by atomic mass is 10.1. The van der Waals surface area contributed by atoms with Gasteiger partial charge in [0, 0.05) is 23.9 Å². The number of thiazole rings is 1. The number of aromatic nitrogens is 2. The molecule has 3 heterocycles. The van der Waals surface area contributed by atoms with E-state index < -0.39 is 0 Å². The average Bonchev–Trinajstić information content (AvgIpc) is 2.98. The minimum absolute atomic E-state index is 0.0203. The first-order valence-corrected chi connectivity index (χ1v) is 5.88. The van der Waals surface area contributed by atoms with Gasteiger partial charge in [-0.1, -0.05) is 5.16 Å². The molecule has 2 aromatic rings. The summed E-state index contributed by atoms with van der Waals surface area (Å²) in [4.78, 5) is 17.8. The maximum absolute atomic E-state index is 12.0. The van der Waals surface area contributed by atoms with Crippen LogP contribution in [0.1, 0.15) is 21.7 Å². The van der Waals surface area contributed by atoms with Crippen LogP contribution < -0.4 is 0 Å². The van der Waals surface area contributed by atoms with Crippen LogP contribution in [0, 0.1) is 0 Å². The van der Waals surface area contributed by atoms with E-state index in [-0.39, 0.29) is 5.91 Å². The summed E-state index contributed by atoms with van der Waals surface area (Å²) in [6, 6.07) is 0. The molecule has 1 aliphatic rings. The molecular formula is C10H9N3O2S. The Morgan fingerprint density at radius 3 is 3.31 bits per heavy atom. The first-order chi connectivity index (χ1) is 7.84. The fourth-order valence-corrected chi connectivity index (χ4v) is 2.32. The summed E-state index contributed by atoms with van der Waals surface area (Å²) in [6.07, 6.45) is 2.36. The van der Waals surface area contributed by atoms with Crippen LogP contribution in [0.25, 0.3) is 0 Å². The molecule has 0 radical (unpaired) electrons. The highest BCUT2D eigenvalue weighted by Gasteiger charge is 2.24. The van der Waals surface area contributed by atoms with Crippen molar-refractivity contribution in [2.45, 2.75) is 13.0 Å². The Balaban J connectivity index is 1.81. The zero-order valence-corrected chi connectivity index (χ0v) is 9.24. The molecule has 0 bridgehead atoms. The van der Waals surface area contributed by atoms with E-state index in [4.69, 9.17) is 4.52 Å². The molecule has 2 aromatic heterocycles. The maximum Gasteiger partial charge on any atom is 0.273 e. The molecule has 0 atom stereocenters. The smallest absolute Gasteiger partial charge is 0.273 e. The molecular weight excluding hydrogens is 226 g/mol. The zero-order valence-electron chi connectivity index (χ0n) is 8.42. The van der Waals surface area contributed by atoms with E-state index in [1.54, 1.807) is 22.1 Å². The Kier molecular flexibility index (Phi) is 2.21. The molecule has 6 heteroatoms. The minimum Gasteiger partial charge on any atom is -0.364 e. The Labute approximate surface area is 95.7 Å². The van der Waals surface area contributed by atoms with Crippen molar-refractivity contribution in [1.29, 1.82) is 0 Å². The van der Waals surface area contributed by atoms with Crippen molar-refractivity contribution in [2.75, 3.05) is 6.54 Å². The van der Waals surface area contributed by atoms with E-state index in [1.807, 2.05) is 0 Å². The quantitative estimate of drug-likeness (QED) is 0.748. The van der Waals surface area contributed by atoms with Crippen LogP contribution in [0.5, 0.6) is 0 Å². The predicted molar refractivity (Wildman–Crippen MR) is 57.1 cm³/mol. The van der Waals surface area contributed by atoms with Crippen LogP contribution >= 0.6 is 11.3 Å². The third-order valence-electron chi connectivity index (χ3n) is 2.65. The lowest BCUT2D eigenvalue weighted by Crippen LogP contribution is -2.35. The molecule has 0 unspecified atom stereocenters. The Hall–Kier alpha value is -1.69. The molecule has 0 fully saturated rings. The largest absolute Gasteiger partial charge is 0.364 e. The van der Waals surface area contributed by atoms with Crippen LogP contribution in [-0.4, -0.2) is 27.5 Å². The summed E-state index contributed by atoms with van der Waals surface area (Å²) in [7, 11) is 0. The molecule has 5 nitrogen and oxygen atoms in total. The van der Waals surface area contributed by atoms with Gasteiger partial charge in [-0.05, 0) is 0 Å². The molecule has 3 rings (SSSR count). The first kappa shape index (κ1) is 9.53. The van der Waals surface area contributed by atoms with Crippen molar-refractivity contribution in [3.63, 3.8) is 0 Å². The van der Waals surface area contributed by atoms with Gasteiger partial charge in [0.1, 0.15) is 12.0 Å². The number of rotatable bonds is 1. The second-order valence-electron chi connectivity index (χ2n) is 3.64. The lowest BCUT2D eigenvalue weighted by Gasteiger charge is -2.24. The molecule has 0 aliphatic carbocycles. The van der Waals surface area contributed by atoms with E-state index in [1.165, 1.54) is 11.3 Å². The van der Waals surface area contributed by atoms with Gasteiger partial charge >= 0.3 is 0 Å². The van der Waals surface area contributed by atoms with E-state index in [2.05, 4.69) is 10.1 Å². The summed E-state index contributed by atoms with van der Waals surface area (Å²) in [5, 5.41) is 5.66. The highest BCUT2D eigenvalue weighted by molar-refractivity contribution is 7.07. The molecule has 16 heavy (non-hydrogen) atoms. The Bertz CT molecular complexity index is 506. The van der Waals surface area contributed by atoms with Gasteiger partial charge in [0.05, 0.1) is 17.7 Å². The summed E-state index contributed by atoms with van der Waals surface area (Å²) >= 11 is 1.43. The standard InChI is InChI=1S/C10H9N3O2S/c14-10(9-5-16-6-11-9)13-2-1-8-7(3-13)4-15-12-8/h4-6H,1-3H2. The second-order valence-corrected chi connectivity index (χ2v) is 4.36. The van der Waals surface area contributed by atoms with Gasteiger partial charge < -0.3 is 9.42 Å². The fraction of sp³-hybridized carbons (Fsp3) is 0.300. The highest BCUT2D eigenvalue weighted by Crippen LogP contribution is 2.19. The van der Waals surface area contributed by atoms with Crippen molar-refractivity contribution in [2.24, 2.45) is 0 Å². The molecule has 1 aliphatic heterocycles. The van der Waals surface area contributed by atoms with E-state index in [0.29, 0.717) is 18.8 Å². The van der Waals surface area contributed by atoms with Crippen molar-refractivity contribution in [3.8, 4) is 0 Å². The minimum atomic E-state index is -0.0203. The van der Waals surface area contributed by atoms with Gasteiger partial charge in [-0.3, -0.25) is 4.79 Å². The number of hydrogen-bond acceptors (Lipinski definition) is 5. The number of amides is 1. The van der Waals surface area contributed by atoms with Crippen LogP contribution in [0.2, 0.25) is 0 Å². The Morgan fingerprint density at radius 1 is 1.56 bits per heavy atom. The molecule has 0 saturated carbocycles. The average molecular weight is 235 g/mol. The molecule has 0 N–H and O–H groups in total. The summed E-state index contributed by atoms with van der Waals surface area (Å²) in [5.41, 5.74) is 4.14. The first-order valence-electron chi connectivity index (χ1n) is 4.94. The predicted octanol–water partition coefficient (Wildman–Crippen LogP) is 1.33. The van der Waals surface area contributed by atoms with Gasteiger partial charge in [0.25, 0.3) is 5.91 Å². The summed E-state index contributed by atoms with van der Waals surface area (Å²) in [6.45, 7) is 1.24. The third-order valence-corrected chi connectivity index (χ3v) is 3.23. The topological polar surface area (TPSA) is 59.2 Å². The zero-order chi connectivity index (χ0) is 11.0. The van der Waals surface area contributed by atoms with E-state index >= 15 is 0 Å². The molecule has 0 spiro atoms. The Morgan fingerprint density at radius 2 is 2.50 bits per heavy atom. The van der Waals surface area contributed by atoms with Crippen LogP contribution in [0.3, 0.4) is 0 Å². The monoisotopic (exact) mass is 235 g/mol. The molecule has 1 amide bonds. The van der Waals surface area contributed by atoms with Crippen LogP contribution in [0.15, 0.2) is 21.7 Å². The number of carbonyl (C=O) groups excluding carboxylic acids is 1. The molecule has 82 valence electrons. The van der Waals surface area contributed by atoms with Gasteiger partial charge in [0.15, 0.2) is 0 Å². The van der Waals surface area contributed by atoms with Gasteiger partial charge in [-0.2, -0.15) is 0 Å². The van der Waals surface area contributed by atoms with Crippen molar-refractivity contribution in [1.82, 2.24) is 15.0 Å². The van der Waals surface area contributed by atoms with Gasteiger partial charge in [-0.15, -0.1) is 11.3 Å². The lowest BCUT2D eigenvalue weighted by molar-refractivity contribution is 0.0729. The SMILES string of the molecule is O=C(c1cscn1)N1CCc2nocc2C1. The van der Waals surface area contributed by atoms with E-state index in [9.17, 15) is 4.79 Å². The van der Waals surface area contributed by atoms with E-state index in [0.717, 1.165) is 17.7 Å². The fourth-order valence-electron chi connectivity index (χ4n) is 1.79. The summed E-state index contributed by atoms with van der Waals surface area (Å²) in [5.74, 6) is -0.0203. The van der Waals surface area contributed by atoms with Crippen LogP contribution in [0.4, 0.5) is 0 Å². The molecule has 0 aromatic carbocycles. The van der Waals surface area contributed by atoms with Crippen LogP contribution in [-0.2, 0) is 13.0 Å². The normalized spacial score (nSPS) is 14.9. The number of hydrogen-bond donors (Lipinski definition) is 0. The third kappa shape index (κ3) is 1.51. The number of fused-ring (bicyclic) bond motifs is 1. The summed E-state index contributed by atoms with van der Waals surface area (Å²) < 4.78 is 4.88. The van der Waals surface area contributed by atoms with Gasteiger partial charge in [0.2, 0.25) is 0 Å². The highest BCUT2D eigenvalue weighted by atomic mass is 32.1. The maximum atomic E-state index is 12.0.